The molecular formula is C18H23N3O2. The first kappa shape index (κ1) is 15.7. The van der Waals surface area contributed by atoms with Crippen LogP contribution >= 0.6 is 0 Å². The maximum absolute atomic E-state index is 11.5. The molecule has 1 aromatic carbocycles. The van der Waals surface area contributed by atoms with Crippen molar-refractivity contribution in [2.24, 2.45) is 0 Å². The third-order valence-corrected chi connectivity index (χ3v) is 4.65. The number of rotatable bonds is 6. The Bertz CT molecular complexity index is 646. The van der Waals surface area contributed by atoms with Crippen molar-refractivity contribution in [2.45, 2.75) is 57.4 Å². The number of hydrogen-bond acceptors (Lipinski definition) is 3. The van der Waals surface area contributed by atoms with E-state index in [0.29, 0.717) is 5.92 Å². The van der Waals surface area contributed by atoms with Crippen LogP contribution in [0.3, 0.4) is 0 Å². The summed E-state index contributed by atoms with van der Waals surface area (Å²) < 4.78 is 1.84. The Kier molecular flexibility index (Phi) is 5.05. The Morgan fingerprint density at radius 1 is 1.17 bits per heavy atom. The molecule has 0 unspecified atom stereocenters. The molecule has 5 nitrogen and oxygen atoms in total. The number of carbonyl (C=O) groups is 1. The van der Waals surface area contributed by atoms with Crippen LogP contribution in [0, 0.1) is 0 Å². The Labute approximate surface area is 136 Å². The van der Waals surface area contributed by atoms with Gasteiger partial charge in [0.05, 0.1) is 5.69 Å². The molecule has 1 N–H and O–H groups in total. The second kappa shape index (κ2) is 7.40. The van der Waals surface area contributed by atoms with E-state index in [-0.39, 0.29) is 5.69 Å². The summed E-state index contributed by atoms with van der Waals surface area (Å²) in [6, 6.07) is 10.3. The summed E-state index contributed by atoms with van der Waals surface area (Å²) in [6.45, 7) is 0.723. The van der Waals surface area contributed by atoms with Crippen LogP contribution < -0.4 is 0 Å². The van der Waals surface area contributed by atoms with Gasteiger partial charge in [0, 0.05) is 12.5 Å². The number of aromatic carboxylic acids is 1. The first-order valence-corrected chi connectivity index (χ1v) is 8.46. The molecule has 1 aromatic heterocycles. The van der Waals surface area contributed by atoms with Crippen molar-refractivity contribution in [3.8, 4) is 0 Å². The zero-order chi connectivity index (χ0) is 16.1. The van der Waals surface area contributed by atoms with Crippen molar-refractivity contribution in [2.75, 3.05) is 0 Å². The van der Waals surface area contributed by atoms with E-state index in [4.69, 9.17) is 0 Å². The Morgan fingerprint density at radius 3 is 2.61 bits per heavy atom. The molecule has 0 amide bonds. The molecule has 3 rings (SSSR count). The second-order valence-corrected chi connectivity index (χ2v) is 6.28. The molecule has 0 spiro atoms. The molecule has 1 aliphatic rings. The van der Waals surface area contributed by atoms with Crippen LogP contribution in [0.1, 0.15) is 66.2 Å². The van der Waals surface area contributed by atoms with Gasteiger partial charge in [-0.15, -0.1) is 5.10 Å². The highest BCUT2D eigenvalue weighted by Crippen LogP contribution is 2.34. The van der Waals surface area contributed by atoms with Gasteiger partial charge in [0.1, 0.15) is 0 Å². The molecule has 122 valence electrons. The maximum Gasteiger partial charge on any atom is 0.358 e. The van der Waals surface area contributed by atoms with Gasteiger partial charge in [-0.05, 0) is 31.2 Å². The summed E-state index contributed by atoms with van der Waals surface area (Å²) >= 11 is 0. The lowest BCUT2D eigenvalue weighted by Crippen LogP contribution is -2.16. The molecule has 1 saturated carbocycles. The van der Waals surface area contributed by atoms with E-state index in [2.05, 4.69) is 22.4 Å². The van der Waals surface area contributed by atoms with Crippen LogP contribution in [0.4, 0.5) is 0 Å². The minimum atomic E-state index is -0.958. The first-order chi connectivity index (χ1) is 11.3. The molecule has 0 saturated heterocycles. The molecule has 1 aliphatic carbocycles. The smallest absolute Gasteiger partial charge is 0.358 e. The lowest BCUT2D eigenvalue weighted by molar-refractivity contribution is 0.0688. The number of benzene rings is 1. The summed E-state index contributed by atoms with van der Waals surface area (Å²) in [5.41, 5.74) is 2.28. The summed E-state index contributed by atoms with van der Waals surface area (Å²) in [5.74, 6) is -0.665. The normalized spacial score (nSPS) is 15.7. The summed E-state index contributed by atoms with van der Waals surface area (Å²) in [6.07, 6.45) is 7.57. The average Bonchev–Trinajstić information content (AvgIpc) is 3.01. The number of aromatic nitrogens is 3. The van der Waals surface area contributed by atoms with E-state index in [0.717, 1.165) is 37.9 Å². The van der Waals surface area contributed by atoms with Crippen LogP contribution in [-0.4, -0.2) is 26.1 Å². The fourth-order valence-electron chi connectivity index (χ4n) is 3.50. The second-order valence-electron chi connectivity index (χ2n) is 6.28. The molecule has 5 heteroatoms. The van der Waals surface area contributed by atoms with Crippen LogP contribution in [0.5, 0.6) is 0 Å². The highest BCUT2D eigenvalue weighted by molar-refractivity contribution is 5.86. The monoisotopic (exact) mass is 313 g/mol. The zero-order valence-electron chi connectivity index (χ0n) is 13.3. The van der Waals surface area contributed by atoms with Crippen molar-refractivity contribution >= 4 is 5.97 Å². The molecule has 23 heavy (non-hydrogen) atoms. The molecule has 0 atom stereocenters. The van der Waals surface area contributed by atoms with E-state index < -0.39 is 5.97 Å². The largest absolute Gasteiger partial charge is 0.476 e. The minimum absolute atomic E-state index is 0.150. The van der Waals surface area contributed by atoms with Crippen LogP contribution in [0.15, 0.2) is 30.3 Å². The SMILES string of the molecule is O=C(O)c1nnn(CCCc2ccccc2)c1C1CCCCC1. The third-order valence-electron chi connectivity index (χ3n) is 4.65. The first-order valence-electron chi connectivity index (χ1n) is 8.46. The van der Waals surface area contributed by atoms with Crippen molar-refractivity contribution in [1.82, 2.24) is 15.0 Å². The molecular weight excluding hydrogens is 290 g/mol. The number of aryl methyl sites for hydroxylation is 2. The summed E-state index contributed by atoms with van der Waals surface area (Å²) in [7, 11) is 0. The van der Waals surface area contributed by atoms with Gasteiger partial charge in [-0.25, -0.2) is 9.48 Å². The van der Waals surface area contributed by atoms with Gasteiger partial charge in [-0.1, -0.05) is 54.8 Å². The van der Waals surface area contributed by atoms with E-state index in [1.165, 1.54) is 24.8 Å². The number of carboxylic acid groups (broad SMARTS) is 1. The predicted molar refractivity (Wildman–Crippen MR) is 87.6 cm³/mol. The van der Waals surface area contributed by atoms with Gasteiger partial charge in [-0.2, -0.15) is 0 Å². The van der Waals surface area contributed by atoms with E-state index in [1.54, 1.807) is 0 Å². The standard InChI is InChI=1S/C18H23N3O2/c22-18(23)16-17(15-11-5-2-6-12-15)21(20-19-16)13-7-10-14-8-3-1-4-9-14/h1,3-4,8-9,15H,2,5-7,10-13H2,(H,22,23). The lowest BCUT2D eigenvalue weighted by atomic mass is 9.86. The average molecular weight is 313 g/mol. The number of carboxylic acids is 1. The summed E-state index contributed by atoms with van der Waals surface area (Å²) in [4.78, 5) is 11.5. The topological polar surface area (TPSA) is 68.0 Å². The van der Waals surface area contributed by atoms with Crippen molar-refractivity contribution < 1.29 is 9.90 Å². The van der Waals surface area contributed by atoms with Gasteiger partial charge in [0.25, 0.3) is 0 Å². The molecule has 0 aliphatic heterocycles. The third kappa shape index (κ3) is 3.78. The Morgan fingerprint density at radius 2 is 1.91 bits per heavy atom. The predicted octanol–water partition coefficient (Wildman–Crippen LogP) is 3.66. The number of hydrogen-bond donors (Lipinski definition) is 1. The lowest BCUT2D eigenvalue weighted by Gasteiger charge is -2.22. The van der Waals surface area contributed by atoms with Crippen molar-refractivity contribution in [3.63, 3.8) is 0 Å². The quantitative estimate of drug-likeness (QED) is 0.883. The van der Waals surface area contributed by atoms with Crippen LogP contribution in [-0.2, 0) is 13.0 Å². The van der Waals surface area contributed by atoms with Gasteiger partial charge < -0.3 is 5.11 Å². The van der Waals surface area contributed by atoms with Crippen molar-refractivity contribution in [1.29, 1.82) is 0 Å². The highest BCUT2D eigenvalue weighted by atomic mass is 16.4. The van der Waals surface area contributed by atoms with Gasteiger partial charge in [0.15, 0.2) is 5.69 Å². The maximum atomic E-state index is 11.5. The van der Waals surface area contributed by atoms with Crippen molar-refractivity contribution in [3.05, 3.63) is 47.3 Å². The van der Waals surface area contributed by atoms with E-state index in [1.807, 2.05) is 22.9 Å². The molecule has 2 aromatic rings. The highest BCUT2D eigenvalue weighted by Gasteiger charge is 2.27. The van der Waals surface area contributed by atoms with Crippen LogP contribution in [0.2, 0.25) is 0 Å². The van der Waals surface area contributed by atoms with E-state index >= 15 is 0 Å². The fraction of sp³-hybridized carbons (Fsp3) is 0.500. The molecule has 0 bridgehead atoms. The Hall–Kier alpha value is -2.17. The molecule has 1 heterocycles. The Balaban J connectivity index is 1.72. The zero-order valence-corrected chi connectivity index (χ0v) is 13.3. The molecule has 0 radical (unpaired) electrons. The van der Waals surface area contributed by atoms with Gasteiger partial charge in [0.2, 0.25) is 0 Å². The van der Waals surface area contributed by atoms with E-state index in [9.17, 15) is 9.90 Å². The number of nitrogens with zero attached hydrogens (tertiary/aromatic N) is 3. The van der Waals surface area contributed by atoms with Gasteiger partial charge >= 0.3 is 5.97 Å². The van der Waals surface area contributed by atoms with Gasteiger partial charge in [-0.3, -0.25) is 0 Å². The molecule has 1 fully saturated rings. The minimum Gasteiger partial charge on any atom is -0.476 e. The summed E-state index contributed by atoms with van der Waals surface area (Å²) in [5, 5.41) is 17.5. The van der Waals surface area contributed by atoms with Crippen LogP contribution in [0.25, 0.3) is 0 Å². The fourth-order valence-corrected chi connectivity index (χ4v) is 3.50.